The first-order chi connectivity index (χ1) is 23.3. The third kappa shape index (κ3) is 4.89. The minimum Gasteiger partial charge on any atom is -0.379 e. The largest absolute Gasteiger partial charge is 0.379 e. The maximum absolute atomic E-state index is 14.4. The van der Waals surface area contributed by atoms with Crippen LogP contribution in [-0.4, -0.2) is 55.2 Å². The number of allylic oxidation sites excluding steroid dienone is 2. The molecule has 5 aliphatic carbocycles. The molecule has 0 unspecified atom stereocenters. The molecule has 1 saturated heterocycles. The van der Waals surface area contributed by atoms with E-state index in [1.165, 1.54) is 29.4 Å². The van der Waals surface area contributed by atoms with Crippen molar-refractivity contribution >= 4 is 16.8 Å². The van der Waals surface area contributed by atoms with Gasteiger partial charge in [0, 0.05) is 35.1 Å². The quantitative estimate of drug-likeness (QED) is 0.256. The Balaban J connectivity index is 1.11. The summed E-state index contributed by atoms with van der Waals surface area (Å²) >= 11 is 0. The van der Waals surface area contributed by atoms with Gasteiger partial charge in [-0.2, -0.15) is 0 Å². The summed E-state index contributed by atoms with van der Waals surface area (Å²) in [7, 11) is 0. The number of rotatable bonds is 3. The second kappa shape index (κ2) is 11.5. The van der Waals surface area contributed by atoms with Gasteiger partial charge < -0.3 is 15.0 Å². The average Bonchev–Trinajstić information content (AvgIpc) is 3.44. The predicted molar refractivity (Wildman–Crippen MR) is 199 cm³/mol. The van der Waals surface area contributed by atoms with Crippen molar-refractivity contribution in [1.82, 2.24) is 15.2 Å². The smallest absolute Gasteiger partial charge is 0.227 e. The van der Waals surface area contributed by atoms with E-state index in [1.807, 2.05) is 0 Å². The SMILES string of the molecule is CC1(C)CC[C@]2(C(=O)NCC#CCN3CCOCC3)CC[C@]3(C)C(=CC[C@@H]4[C@@]5(C)Cc6c([nH]c7ccccc67)C(C)(C)[C@@H]5CC[C@]43C)[C@@H]2C1. The number of carbonyl (C=O) groups is 1. The van der Waals surface area contributed by atoms with Crippen LogP contribution < -0.4 is 5.32 Å². The van der Waals surface area contributed by atoms with Gasteiger partial charge in [0.15, 0.2) is 0 Å². The molecule has 3 saturated carbocycles. The van der Waals surface area contributed by atoms with Crippen LogP contribution in [0.3, 0.4) is 0 Å². The highest BCUT2D eigenvalue weighted by Crippen LogP contribution is 2.75. The second-order valence-corrected chi connectivity index (χ2v) is 19.2. The number of para-hydroxylation sites is 1. The Morgan fingerprint density at radius 2 is 1.71 bits per heavy atom. The standard InChI is InChI=1S/C44H61N3O2/c1-39(2)18-20-44(38(48)45-22-10-11-23-47-24-26-49-27-25-47)21-19-42(6)32(33(44)29-39)14-15-36-41(5)28-31-30-12-8-9-13-34(30)46-37(31)40(3,4)35(41)16-17-43(36,42)7/h8-9,12-14,33,35-36,46H,15-29H2,1-7H3,(H,45,48)/t33-,35-,36+,41-,42+,43+,44-/m0/s1. The maximum atomic E-state index is 14.4. The van der Waals surface area contributed by atoms with Crippen molar-refractivity contribution in [3.63, 3.8) is 0 Å². The van der Waals surface area contributed by atoms with E-state index in [0.29, 0.717) is 24.3 Å². The minimum absolute atomic E-state index is 0.103. The molecule has 5 heteroatoms. The van der Waals surface area contributed by atoms with Gasteiger partial charge in [0.05, 0.1) is 31.7 Å². The maximum Gasteiger partial charge on any atom is 0.227 e. The number of amides is 1. The molecular weight excluding hydrogens is 603 g/mol. The van der Waals surface area contributed by atoms with Crippen molar-refractivity contribution in [3.05, 3.63) is 47.2 Å². The fourth-order valence-electron chi connectivity index (χ4n) is 13.2. The number of hydrogen-bond donors (Lipinski definition) is 2. The molecule has 7 atom stereocenters. The van der Waals surface area contributed by atoms with Crippen molar-refractivity contribution in [2.75, 3.05) is 39.4 Å². The van der Waals surface area contributed by atoms with E-state index >= 15 is 0 Å². The number of aromatic nitrogens is 1. The number of fused-ring (bicyclic) bond motifs is 10. The molecule has 1 aromatic carbocycles. The summed E-state index contributed by atoms with van der Waals surface area (Å²) in [4.78, 5) is 20.7. The highest BCUT2D eigenvalue weighted by atomic mass is 16.5. The van der Waals surface area contributed by atoms with Crippen LogP contribution >= 0.6 is 0 Å². The molecule has 0 radical (unpaired) electrons. The summed E-state index contributed by atoms with van der Waals surface area (Å²) in [5.74, 6) is 8.45. The van der Waals surface area contributed by atoms with E-state index < -0.39 is 0 Å². The van der Waals surface area contributed by atoms with Crippen LogP contribution in [-0.2, 0) is 21.4 Å². The Hall–Kier alpha value is -2.55. The first-order valence-electron chi connectivity index (χ1n) is 19.6. The lowest BCUT2D eigenvalue weighted by atomic mass is 9.33. The monoisotopic (exact) mass is 663 g/mol. The zero-order valence-electron chi connectivity index (χ0n) is 31.5. The molecule has 2 heterocycles. The molecule has 0 bridgehead atoms. The molecule has 1 aromatic heterocycles. The summed E-state index contributed by atoms with van der Waals surface area (Å²) < 4.78 is 5.48. The molecule has 2 N–H and O–H groups in total. The van der Waals surface area contributed by atoms with Crippen molar-refractivity contribution in [1.29, 1.82) is 0 Å². The van der Waals surface area contributed by atoms with Gasteiger partial charge in [-0.25, -0.2) is 0 Å². The van der Waals surface area contributed by atoms with Crippen LogP contribution in [0.15, 0.2) is 35.9 Å². The molecule has 5 nitrogen and oxygen atoms in total. The Labute approximate surface area is 295 Å². The number of nitrogens with one attached hydrogen (secondary N) is 2. The zero-order valence-corrected chi connectivity index (χ0v) is 31.5. The number of aromatic amines is 1. The molecule has 8 rings (SSSR count). The molecule has 2 aromatic rings. The number of benzene rings is 1. The number of morpholine rings is 1. The summed E-state index contributed by atoms with van der Waals surface area (Å²) in [6.45, 7) is 22.6. The van der Waals surface area contributed by atoms with Crippen LogP contribution in [0.2, 0.25) is 0 Å². The molecule has 0 spiro atoms. The summed E-state index contributed by atoms with van der Waals surface area (Å²) in [6, 6.07) is 9.00. The number of nitrogens with zero attached hydrogens (tertiary/aromatic N) is 1. The Bertz CT molecular complexity index is 1730. The first kappa shape index (κ1) is 33.6. The summed E-state index contributed by atoms with van der Waals surface area (Å²) in [6.07, 6.45) is 12.9. The van der Waals surface area contributed by atoms with Crippen LogP contribution in [0, 0.1) is 56.7 Å². The van der Waals surface area contributed by atoms with Crippen molar-refractivity contribution in [2.45, 2.75) is 112 Å². The lowest BCUT2D eigenvalue weighted by molar-refractivity contribution is -0.167. The molecular formula is C44H61N3O2. The lowest BCUT2D eigenvalue weighted by Gasteiger charge is -2.70. The number of carbonyl (C=O) groups excluding carboxylic acids is 1. The van der Waals surface area contributed by atoms with Gasteiger partial charge in [-0.15, -0.1) is 0 Å². The van der Waals surface area contributed by atoms with Gasteiger partial charge >= 0.3 is 0 Å². The minimum atomic E-state index is -0.317. The molecule has 1 amide bonds. The van der Waals surface area contributed by atoms with Crippen LogP contribution in [0.5, 0.6) is 0 Å². The van der Waals surface area contributed by atoms with E-state index in [0.717, 1.165) is 77.8 Å². The fourth-order valence-corrected chi connectivity index (χ4v) is 13.2. The summed E-state index contributed by atoms with van der Waals surface area (Å²) in [5, 5.41) is 4.80. The van der Waals surface area contributed by atoms with Gasteiger partial charge in [0.1, 0.15) is 0 Å². The Morgan fingerprint density at radius 3 is 2.51 bits per heavy atom. The average molecular weight is 664 g/mol. The fraction of sp³-hybridized carbons (Fsp3) is 0.705. The second-order valence-electron chi connectivity index (χ2n) is 19.2. The van der Waals surface area contributed by atoms with E-state index in [9.17, 15) is 4.79 Å². The van der Waals surface area contributed by atoms with Crippen molar-refractivity contribution in [2.24, 2.45) is 44.8 Å². The van der Waals surface area contributed by atoms with E-state index in [-0.39, 0.29) is 38.4 Å². The van der Waals surface area contributed by atoms with E-state index in [1.54, 1.807) is 11.1 Å². The Kier molecular flexibility index (Phi) is 7.87. The molecule has 49 heavy (non-hydrogen) atoms. The number of H-pyrrole nitrogens is 1. The molecule has 4 fully saturated rings. The Morgan fingerprint density at radius 1 is 0.959 bits per heavy atom. The topological polar surface area (TPSA) is 57.4 Å². The first-order valence-corrected chi connectivity index (χ1v) is 19.6. The van der Waals surface area contributed by atoms with Gasteiger partial charge in [0.2, 0.25) is 5.91 Å². The van der Waals surface area contributed by atoms with Crippen molar-refractivity contribution in [3.8, 4) is 11.8 Å². The van der Waals surface area contributed by atoms with Gasteiger partial charge in [-0.3, -0.25) is 9.69 Å². The van der Waals surface area contributed by atoms with Gasteiger partial charge in [0.25, 0.3) is 0 Å². The predicted octanol–water partition coefficient (Wildman–Crippen LogP) is 8.44. The third-order valence-corrected chi connectivity index (χ3v) is 16.1. The summed E-state index contributed by atoms with van der Waals surface area (Å²) in [5.41, 5.74) is 6.56. The van der Waals surface area contributed by atoms with Gasteiger partial charge in [-0.05, 0) is 109 Å². The van der Waals surface area contributed by atoms with Crippen LogP contribution in [0.1, 0.15) is 111 Å². The van der Waals surface area contributed by atoms with Crippen LogP contribution in [0.4, 0.5) is 0 Å². The number of ether oxygens (including phenoxy) is 1. The lowest BCUT2D eigenvalue weighted by Crippen LogP contribution is -2.65. The molecule has 6 aliphatic rings. The van der Waals surface area contributed by atoms with Crippen molar-refractivity contribution < 1.29 is 9.53 Å². The molecule has 1 aliphatic heterocycles. The zero-order chi connectivity index (χ0) is 34.5. The third-order valence-electron chi connectivity index (χ3n) is 16.1. The van der Waals surface area contributed by atoms with E-state index in [4.69, 9.17) is 4.74 Å². The highest BCUT2D eigenvalue weighted by Gasteiger charge is 2.69. The molecule has 264 valence electrons. The van der Waals surface area contributed by atoms with E-state index in [2.05, 4.69) is 106 Å². The van der Waals surface area contributed by atoms with Crippen LogP contribution in [0.25, 0.3) is 10.9 Å². The number of hydrogen-bond acceptors (Lipinski definition) is 3. The van der Waals surface area contributed by atoms with Gasteiger partial charge in [-0.1, -0.05) is 90.2 Å². The normalized spacial score (nSPS) is 39.2. The highest BCUT2D eigenvalue weighted by molar-refractivity contribution is 5.86.